The number of benzene rings is 1. The van der Waals surface area contributed by atoms with Gasteiger partial charge in [-0.25, -0.2) is 9.59 Å². The van der Waals surface area contributed by atoms with E-state index >= 15 is 0 Å². The summed E-state index contributed by atoms with van der Waals surface area (Å²) >= 11 is 0. The molecule has 1 aromatic heterocycles. The number of carbonyl (C=O) groups excluding carboxylic acids is 1. The van der Waals surface area contributed by atoms with Gasteiger partial charge in [0.1, 0.15) is 11.3 Å². The lowest BCUT2D eigenvalue weighted by Gasteiger charge is -2.18. The van der Waals surface area contributed by atoms with Gasteiger partial charge in [0, 0.05) is 17.0 Å². The van der Waals surface area contributed by atoms with E-state index < -0.39 is 12.1 Å². The molecule has 1 aliphatic carbocycles. The van der Waals surface area contributed by atoms with Crippen LogP contribution in [0.25, 0.3) is 11.0 Å². The summed E-state index contributed by atoms with van der Waals surface area (Å²) in [6, 6.07) is 5.37. The van der Waals surface area contributed by atoms with E-state index in [1.165, 1.54) is 0 Å². The Balaban J connectivity index is 1.89. The number of carbonyl (C=O) groups is 1. The number of hydrogen-bond acceptors (Lipinski definition) is 5. The summed E-state index contributed by atoms with van der Waals surface area (Å²) in [5.74, 6) is 0.0617. The average molecular weight is 330 g/mol. The minimum Gasteiger partial charge on any atom is -0.479 e. The molecule has 0 radical (unpaired) electrons. The van der Waals surface area contributed by atoms with Crippen molar-refractivity contribution < 1.29 is 18.7 Å². The first kappa shape index (κ1) is 16.6. The first-order chi connectivity index (χ1) is 11.5. The van der Waals surface area contributed by atoms with E-state index in [0.717, 1.165) is 42.2 Å². The van der Waals surface area contributed by atoms with Crippen molar-refractivity contribution in [2.75, 3.05) is 0 Å². The van der Waals surface area contributed by atoms with Crippen molar-refractivity contribution >= 4 is 16.9 Å². The van der Waals surface area contributed by atoms with Crippen LogP contribution in [0.1, 0.15) is 44.7 Å². The van der Waals surface area contributed by atoms with Crippen molar-refractivity contribution in [1.29, 1.82) is 0 Å². The van der Waals surface area contributed by atoms with Gasteiger partial charge in [0.2, 0.25) is 0 Å². The number of rotatable bonds is 4. The first-order valence-corrected chi connectivity index (χ1v) is 8.41. The lowest BCUT2D eigenvalue weighted by Crippen LogP contribution is -2.28. The van der Waals surface area contributed by atoms with Crippen LogP contribution in [0.5, 0.6) is 5.75 Å². The molecule has 128 valence electrons. The Morgan fingerprint density at radius 3 is 2.54 bits per heavy atom. The first-order valence-electron chi connectivity index (χ1n) is 8.41. The Bertz CT molecular complexity index is 818. The number of hydrogen-bond donors (Lipinski definition) is 0. The third kappa shape index (κ3) is 3.30. The SMILES string of the molecule is CC(C)OC(=O)[C@H](C)Oc1ccc2c3c(c(=O)oc2c1)CCCC3. The normalized spacial score (nSPS) is 15.2. The quantitative estimate of drug-likeness (QED) is 0.635. The molecule has 3 rings (SSSR count). The molecule has 0 amide bonds. The zero-order valence-electron chi connectivity index (χ0n) is 14.3. The summed E-state index contributed by atoms with van der Waals surface area (Å²) < 4.78 is 16.2. The highest BCUT2D eigenvalue weighted by Gasteiger charge is 2.20. The monoisotopic (exact) mass is 330 g/mol. The molecule has 1 aliphatic rings. The summed E-state index contributed by atoms with van der Waals surface area (Å²) in [6.45, 7) is 5.22. The lowest BCUT2D eigenvalue weighted by molar-refractivity contribution is -0.154. The molecule has 0 spiro atoms. The fourth-order valence-electron chi connectivity index (χ4n) is 3.08. The molecule has 1 atom stereocenters. The molecule has 5 heteroatoms. The Kier molecular flexibility index (Phi) is 4.60. The van der Waals surface area contributed by atoms with Gasteiger partial charge in [-0.05, 0) is 64.2 Å². The van der Waals surface area contributed by atoms with Gasteiger partial charge < -0.3 is 13.9 Å². The lowest BCUT2D eigenvalue weighted by atomic mass is 9.91. The van der Waals surface area contributed by atoms with Gasteiger partial charge in [0.25, 0.3) is 0 Å². The van der Waals surface area contributed by atoms with Gasteiger partial charge in [-0.15, -0.1) is 0 Å². The fourth-order valence-corrected chi connectivity index (χ4v) is 3.08. The largest absolute Gasteiger partial charge is 0.479 e. The van der Waals surface area contributed by atoms with Crippen molar-refractivity contribution in [1.82, 2.24) is 0 Å². The highest BCUT2D eigenvalue weighted by atomic mass is 16.6. The third-order valence-electron chi connectivity index (χ3n) is 4.19. The Hall–Kier alpha value is -2.30. The van der Waals surface area contributed by atoms with Crippen LogP contribution in [-0.2, 0) is 22.4 Å². The zero-order chi connectivity index (χ0) is 17.3. The number of fused-ring (bicyclic) bond motifs is 3. The molecule has 0 aliphatic heterocycles. The van der Waals surface area contributed by atoms with Crippen molar-refractivity contribution in [3.05, 3.63) is 39.7 Å². The predicted molar refractivity (Wildman–Crippen MR) is 90.4 cm³/mol. The highest BCUT2D eigenvalue weighted by molar-refractivity contribution is 5.83. The fraction of sp³-hybridized carbons (Fsp3) is 0.474. The van der Waals surface area contributed by atoms with E-state index in [0.29, 0.717) is 11.3 Å². The topological polar surface area (TPSA) is 65.7 Å². The predicted octanol–water partition coefficient (Wildman–Crippen LogP) is 3.39. The summed E-state index contributed by atoms with van der Waals surface area (Å²) in [5, 5.41) is 0.953. The van der Waals surface area contributed by atoms with E-state index in [9.17, 15) is 9.59 Å². The molecule has 1 heterocycles. The molecular weight excluding hydrogens is 308 g/mol. The van der Waals surface area contributed by atoms with E-state index in [4.69, 9.17) is 13.9 Å². The van der Waals surface area contributed by atoms with Gasteiger partial charge in [-0.1, -0.05) is 0 Å². The summed E-state index contributed by atoms with van der Waals surface area (Å²) in [6.07, 6.45) is 2.87. The van der Waals surface area contributed by atoms with Crippen LogP contribution in [-0.4, -0.2) is 18.2 Å². The van der Waals surface area contributed by atoms with Crippen LogP contribution in [0, 0.1) is 0 Å². The highest BCUT2D eigenvalue weighted by Crippen LogP contribution is 2.29. The average Bonchev–Trinajstić information content (AvgIpc) is 2.54. The number of aryl methyl sites for hydroxylation is 1. The summed E-state index contributed by atoms with van der Waals surface area (Å²) in [7, 11) is 0. The Morgan fingerprint density at radius 1 is 1.12 bits per heavy atom. The van der Waals surface area contributed by atoms with Crippen LogP contribution in [0.2, 0.25) is 0 Å². The maximum absolute atomic E-state index is 12.2. The Labute approximate surface area is 140 Å². The second-order valence-electron chi connectivity index (χ2n) is 6.46. The molecule has 2 aromatic rings. The maximum atomic E-state index is 12.2. The Morgan fingerprint density at radius 2 is 1.83 bits per heavy atom. The molecule has 0 fully saturated rings. The van der Waals surface area contributed by atoms with Crippen LogP contribution in [0.4, 0.5) is 0 Å². The molecule has 1 aromatic carbocycles. The number of ether oxygens (including phenoxy) is 2. The van der Waals surface area contributed by atoms with Crippen molar-refractivity contribution in [2.24, 2.45) is 0 Å². The van der Waals surface area contributed by atoms with Gasteiger partial charge >= 0.3 is 11.6 Å². The van der Waals surface area contributed by atoms with Crippen LogP contribution < -0.4 is 10.4 Å². The molecule has 0 bridgehead atoms. The van der Waals surface area contributed by atoms with Crippen LogP contribution >= 0.6 is 0 Å². The second kappa shape index (κ2) is 6.67. The maximum Gasteiger partial charge on any atom is 0.347 e. The standard InChI is InChI=1S/C19H22O5/c1-11(2)22-18(20)12(3)23-13-8-9-15-14-6-4-5-7-16(14)19(21)24-17(15)10-13/h8-12H,4-7H2,1-3H3/t12-/m0/s1. The van der Waals surface area contributed by atoms with Crippen molar-refractivity contribution in [3.63, 3.8) is 0 Å². The zero-order valence-corrected chi connectivity index (χ0v) is 14.3. The third-order valence-corrected chi connectivity index (χ3v) is 4.19. The van der Waals surface area contributed by atoms with Crippen molar-refractivity contribution in [3.8, 4) is 5.75 Å². The summed E-state index contributed by atoms with van der Waals surface area (Å²) in [4.78, 5) is 24.0. The molecule has 0 N–H and O–H groups in total. The van der Waals surface area contributed by atoms with Gasteiger partial charge in [-0.3, -0.25) is 0 Å². The minimum atomic E-state index is -0.728. The van der Waals surface area contributed by atoms with Gasteiger partial charge in [0.05, 0.1) is 6.10 Å². The summed E-state index contributed by atoms with van der Waals surface area (Å²) in [5.41, 5.74) is 2.13. The van der Waals surface area contributed by atoms with E-state index in [2.05, 4.69) is 0 Å². The van der Waals surface area contributed by atoms with Crippen molar-refractivity contribution in [2.45, 2.75) is 58.7 Å². The molecule has 0 unspecified atom stereocenters. The molecule has 0 saturated carbocycles. The van der Waals surface area contributed by atoms with E-state index in [1.54, 1.807) is 32.9 Å². The molecule has 24 heavy (non-hydrogen) atoms. The smallest absolute Gasteiger partial charge is 0.347 e. The molecule has 5 nitrogen and oxygen atoms in total. The van der Waals surface area contributed by atoms with E-state index in [-0.39, 0.29) is 11.7 Å². The second-order valence-corrected chi connectivity index (χ2v) is 6.46. The van der Waals surface area contributed by atoms with Gasteiger partial charge in [0.15, 0.2) is 6.10 Å². The minimum absolute atomic E-state index is 0.190. The van der Waals surface area contributed by atoms with Crippen LogP contribution in [0.3, 0.4) is 0 Å². The van der Waals surface area contributed by atoms with Gasteiger partial charge in [-0.2, -0.15) is 0 Å². The van der Waals surface area contributed by atoms with Crippen LogP contribution in [0.15, 0.2) is 27.4 Å². The molecular formula is C19H22O5. The molecule has 0 saturated heterocycles. The number of esters is 1. The van der Waals surface area contributed by atoms with E-state index in [1.807, 2.05) is 6.07 Å².